The summed E-state index contributed by atoms with van der Waals surface area (Å²) >= 11 is 3.37. The van der Waals surface area contributed by atoms with Crippen molar-refractivity contribution in [2.45, 2.75) is 12.5 Å². The van der Waals surface area contributed by atoms with Crippen LogP contribution in [0.1, 0.15) is 22.6 Å². The monoisotopic (exact) mass is 423 g/mol. The van der Waals surface area contributed by atoms with Crippen molar-refractivity contribution in [3.05, 3.63) is 87.9 Å². The number of carbonyl (C=O) groups excluding carboxylic acids is 1. The molecule has 0 atom stereocenters. The molecule has 0 aromatic heterocycles. The molecular formula is C22H18BrNO3. The number of hydrogen-bond acceptors (Lipinski definition) is 3. The molecule has 0 saturated carbocycles. The number of hydrogen-bond donors (Lipinski definition) is 2. The van der Waals surface area contributed by atoms with E-state index in [0.717, 1.165) is 4.47 Å². The SMILES string of the molecule is O=C(Nc1cc(Br)cc(CO)c1)OCC1c2ccccc2-c2ccccc21. The molecule has 0 bridgehead atoms. The fraction of sp³-hybridized carbons (Fsp3) is 0.136. The summed E-state index contributed by atoms with van der Waals surface area (Å²) in [6.45, 7) is 0.166. The number of aliphatic hydroxyl groups is 1. The third-order valence-corrected chi connectivity index (χ3v) is 5.19. The highest BCUT2D eigenvalue weighted by Crippen LogP contribution is 2.44. The molecule has 136 valence electrons. The third-order valence-electron chi connectivity index (χ3n) is 4.73. The fourth-order valence-electron chi connectivity index (χ4n) is 3.57. The molecule has 0 spiro atoms. The van der Waals surface area contributed by atoms with E-state index in [1.807, 2.05) is 24.3 Å². The van der Waals surface area contributed by atoms with Gasteiger partial charge in [-0.3, -0.25) is 5.32 Å². The van der Waals surface area contributed by atoms with Crippen molar-refractivity contribution in [2.24, 2.45) is 0 Å². The van der Waals surface area contributed by atoms with Gasteiger partial charge in [0.2, 0.25) is 0 Å². The minimum atomic E-state index is -0.515. The molecule has 0 saturated heterocycles. The van der Waals surface area contributed by atoms with E-state index in [1.54, 1.807) is 18.2 Å². The lowest BCUT2D eigenvalue weighted by Crippen LogP contribution is -2.18. The van der Waals surface area contributed by atoms with Crippen molar-refractivity contribution in [1.82, 2.24) is 0 Å². The predicted molar refractivity (Wildman–Crippen MR) is 109 cm³/mol. The molecule has 27 heavy (non-hydrogen) atoms. The number of fused-ring (bicyclic) bond motifs is 3. The van der Waals surface area contributed by atoms with Crippen LogP contribution >= 0.6 is 15.9 Å². The molecule has 0 unspecified atom stereocenters. The molecule has 3 aromatic carbocycles. The molecule has 0 fully saturated rings. The molecule has 5 heteroatoms. The number of carbonyl (C=O) groups is 1. The number of aliphatic hydroxyl groups excluding tert-OH is 1. The van der Waals surface area contributed by atoms with Crippen LogP contribution in [0.25, 0.3) is 11.1 Å². The Bertz CT molecular complexity index is 957. The maximum absolute atomic E-state index is 12.3. The van der Waals surface area contributed by atoms with Crippen LogP contribution in [0, 0.1) is 0 Å². The van der Waals surface area contributed by atoms with Crippen molar-refractivity contribution in [1.29, 1.82) is 0 Å². The largest absolute Gasteiger partial charge is 0.448 e. The Morgan fingerprint density at radius 3 is 2.26 bits per heavy atom. The zero-order valence-electron chi connectivity index (χ0n) is 14.5. The Labute approximate surface area is 165 Å². The van der Waals surface area contributed by atoms with Gasteiger partial charge in [0.05, 0.1) is 6.61 Å². The zero-order chi connectivity index (χ0) is 18.8. The van der Waals surface area contributed by atoms with Gasteiger partial charge in [-0.05, 0) is 46.0 Å². The summed E-state index contributed by atoms with van der Waals surface area (Å²) in [6, 6.07) is 21.7. The van der Waals surface area contributed by atoms with Gasteiger partial charge >= 0.3 is 6.09 Å². The molecule has 0 heterocycles. The molecular weight excluding hydrogens is 406 g/mol. The highest BCUT2D eigenvalue weighted by atomic mass is 79.9. The fourth-order valence-corrected chi connectivity index (χ4v) is 4.11. The maximum Gasteiger partial charge on any atom is 0.411 e. The van der Waals surface area contributed by atoms with Gasteiger partial charge in [0, 0.05) is 16.1 Å². The van der Waals surface area contributed by atoms with Crippen molar-refractivity contribution >= 4 is 27.7 Å². The van der Waals surface area contributed by atoms with Gasteiger partial charge < -0.3 is 9.84 Å². The van der Waals surface area contributed by atoms with Crippen LogP contribution in [0.2, 0.25) is 0 Å². The van der Waals surface area contributed by atoms with E-state index >= 15 is 0 Å². The van der Waals surface area contributed by atoms with Gasteiger partial charge in [-0.25, -0.2) is 4.79 Å². The van der Waals surface area contributed by atoms with Crippen LogP contribution in [0.15, 0.2) is 71.2 Å². The molecule has 2 N–H and O–H groups in total. The van der Waals surface area contributed by atoms with Gasteiger partial charge in [0.25, 0.3) is 0 Å². The van der Waals surface area contributed by atoms with Crippen molar-refractivity contribution < 1.29 is 14.6 Å². The van der Waals surface area contributed by atoms with E-state index in [2.05, 4.69) is 45.5 Å². The molecule has 4 rings (SSSR count). The Balaban J connectivity index is 1.49. The van der Waals surface area contributed by atoms with E-state index < -0.39 is 6.09 Å². The minimum Gasteiger partial charge on any atom is -0.448 e. The van der Waals surface area contributed by atoms with Crippen LogP contribution in [0.3, 0.4) is 0 Å². The number of rotatable bonds is 4. The lowest BCUT2D eigenvalue weighted by Gasteiger charge is -2.15. The number of amides is 1. The smallest absolute Gasteiger partial charge is 0.411 e. The molecule has 0 radical (unpaired) electrons. The average Bonchev–Trinajstić information content (AvgIpc) is 3.00. The summed E-state index contributed by atoms with van der Waals surface area (Å²) in [4.78, 5) is 12.3. The summed E-state index contributed by atoms with van der Waals surface area (Å²) in [6.07, 6.45) is -0.515. The Morgan fingerprint density at radius 2 is 1.63 bits per heavy atom. The predicted octanol–water partition coefficient (Wildman–Crippen LogP) is 5.30. The molecule has 1 amide bonds. The van der Waals surface area contributed by atoms with Gasteiger partial charge in [0.1, 0.15) is 6.61 Å². The van der Waals surface area contributed by atoms with Gasteiger partial charge in [-0.2, -0.15) is 0 Å². The van der Waals surface area contributed by atoms with Gasteiger partial charge in [0.15, 0.2) is 0 Å². The molecule has 1 aliphatic carbocycles. The van der Waals surface area contributed by atoms with E-state index in [4.69, 9.17) is 4.74 Å². The summed E-state index contributed by atoms with van der Waals surface area (Å²) in [5.41, 5.74) is 6.03. The van der Waals surface area contributed by atoms with Crippen LogP contribution < -0.4 is 5.32 Å². The lowest BCUT2D eigenvalue weighted by atomic mass is 9.98. The van der Waals surface area contributed by atoms with E-state index in [9.17, 15) is 9.90 Å². The van der Waals surface area contributed by atoms with E-state index in [-0.39, 0.29) is 19.1 Å². The first kappa shape index (κ1) is 17.8. The number of nitrogens with one attached hydrogen (secondary N) is 1. The molecule has 1 aliphatic rings. The van der Waals surface area contributed by atoms with Crippen LogP contribution in [-0.2, 0) is 11.3 Å². The average molecular weight is 424 g/mol. The van der Waals surface area contributed by atoms with Gasteiger partial charge in [-0.1, -0.05) is 64.5 Å². The quantitative estimate of drug-likeness (QED) is 0.598. The molecule has 0 aliphatic heterocycles. The minimum absolute atomic E-state index is 0.0265. The third kappa shape index (κ3) is 3.61. The lowest BCUT2D eigenvalue weighted by molar-refractivity contribution is 0.158. The topological polar surface area (TPSA) is 58.6 Å². The van der Waals surface area contributed by atoms with Crippen molar-refractivity contribution in [2.75, 3.05) is 11.9 Å². The first-order valence-electron chi connectivity index (χ1n) is 8.68. The normalized spacial score (nSPS) is 12.4. The summed E-state index contributed by atoms with van der Waals surface area (Å²) < 4.78 is 6.31. The molecule has 4 nitrogen and oxygen atoms in total. The first-order chi connectivity index (χ1) is 13.2. The van der Waals surface area contributed by atoms with Crippen molar-refractivity contribution in [3.8, 4) is 11.1 Å². The molecule has 3 aromatic rings. The summed E-state index contributed by atoms with van der Waals surface area (Å²) in [7, 11) is 0. The van der Waals surface area contributed by atoms with E-state index in [0.29, 0.717) is 11.3 Å². The van der Waals surface area contributed by atoms with Crippen LogP contribution in [0.4, 0.5) is 10.5 Å². The van der Waals surface area contributed by atoms with Gasteiger partial charge in [-0.15, -0.1) is 0 Å². The first-order valence-corrected chi connectivity index (χ1v) is 9.47. The van der Waals surface area contributed by atoms with Crippen LogP contribution in [-0.4, -0.2) is 17.8 Å². The highest BCUT2D eigenvalue weighted by Gasteiger charge is 2.28. The Morgan fingerprint density at radius 1 is 1.00 bits per heavy atom. The van der Waals surface area contributed by atoms with Crippen molar-refractivity contribution in [3.63, 3.8) is 0 Å². The number of benzene rings is 3. The number of anilines is 1. The Hall–Kier alpha value is -2.63. The second kappa shape index (κ2) is 7.55. The van der Waals surface area contributed by atoms with Crippen LogP contribution in [0.5, 0.6) is 0 Å². The summed E-state index contributed by atoms with van der Waals surface area (Å²) in [5, 5.41) is 12.0. The Kier molecular flexibility index (Phi) is 4.97. The second-order valence-corrected chi connectivity index (χ2v) is 7.37. The standard InChI is InChI=1S/C22H18BrNO3/c23-15-9-14(12-25)10-16(11-15)24-22(26)27-13-21-19-7-3-1-5-17(19)18-6-2-4-8-20(18)21/h1-11,21,25H,12-13H2,(H,24,26). The highest BCUT2D eigenvalue weighted by molar-refractivity contribution is 9.10. The zero-order valence-corrected chi connectivity index (χ0v) is 16.1. The second-order valence-electron chi connectivity index (χ2n) is 6.46. The van der Waals surface area contributed by atoms with E-state index in [1.165, 1.54) is 22.3 Å². The maximum atomic E-state index is 12.3. The number of halogens is 1. The summed E-state index contributed by atoms with van der Waals surface area (Å²) in [5.74, 6) is 0.0265. The number of ether oxygens (including phenoxy) is 1.